The van der Waals surface area contributed by atoms with Gasteiger partial charge in [-0.25, -0.2) is 0 Å². The van der Waals surface area contributed by atoms with Gasteiger partial charge in [0.15, 0.2) is 0 Å². The maximum atomic E-state index is 12.3. The number of hydrogen-bond acceptors (Lipinski definition) is 2. The zero-order valence-corrected chi connectivity index (χ0v) is 14.6. The lowest BCUT2D eigenvalue weighted by Crippen LogP contribution is -2.33. The number of amides is 1. The average molecular weight is 322 g/mol. The van der Waals surface area contributed by atoms with Gasteiger partial charge in [-0.1, -0.05) is 36.8 Å². The van der Waals surface area contributed by atoms with Crippen LogP contribution in [0.4, 0.5) is 5.69 Å². The first kappa shape index (κ1) is 16.7. The smallest absolute Gasteiger partial charge is 0.255 e. The van der Waals surface area contributed by atoms with Crippen LogP contribution in [0.25, 0.3) is 0 Å². The van der Waals surface area contributed by atoms with Crippen molar-refractivity contribution in [1.82, 2.24) is 4.90 Å². The lowest BCUT2D eigenvalue weighted by molar-refractivity contribution is 0.102. The molecule has 126 valence electrons. The Morgan fingerprint density at radius 3 is 2.50 bits per heavy atom. The lowest BCUT2D eigenvalue weighted by atomic mass is 9.99. The number of anilines is 1. The van der Waals surface area contributed by atoms with Crippen molar-refractivity contribution in [1.29, 1.82) is 0 Å². The number of hydrogen-bond donors (Lipinski definition) is 1. The van der Waals surface area contributed by atoms with Gasteiger partial charge in [-0.05, 0) is 62.1 Å². The van der Waals surface area contributed by atoms with E-state index in [4.69, 9.17) is 0 Å². The van der Waals surface area contributed by atoms with E-state index < -0.39 is 0 Å². The van der Waals surface area contributed by atoms with Crippen LogP contribution in [-0.2, 0) is 6.54 Å². The molecule has 2 aromatic rings. The molecule has 3 nitrogen and oxygen atoms in total. The van der Waals surface area contributed by atoms with Gasteiger partial charge in [0.25, 0.3) is 5.91 Å². The van der Waals surface area contributed by atoms with E-state index >= 15 is 0 Å². The summed E-state index contributed by atoms with van der Waals surface area (Å²) in [6.07, 6.45) is 2.63. The zero-order valence-electron chi connectivity index (χ0n) is 14.6. The zero-order chi connectivity index (χ0) is 16.9. The normalized spacial score (nSPS) is 18.3. The highest BCUT2D eigenvalue weighted by Crippen LogP contribution is 2.18. The Balaban J connectivity index is 1.59. The molecule has 1 amide bonds. The summed E-state index contributed by atoms with van der Waals surface area (Å²) in [4.78, 5) is 14.8. The van der Waals surface area contributed by atoms with E-state index in [9.17, 15) is 4.79 Å². The molecule has 3 rings (SSSR count). The maximum absolute atomic E-state index is 12.3. The van der Waals surface area contributed by atoms with E-state index in [0.717, 1.165) is 18.2 Å². The number of benzene rings is 2. The third-order valence-electron chi connectivity index (χ3n) is 4.67. The van der Waals surface area contributed by atoms with Crippen LogP contribution >= 0.6 is 0 Å². The molecule has 1 fully saturated rings. The van der Waals surface area contributed by atoms with E-state index in [-0.39, 0.29) is 5.91 Å². The Hall–Kier alpha value is -2.13. The number of carbonyl (C=O) groups is 1. The van der Waals surface area contributed by atoms with Crippen LogP contribution in [0.2, 0.25) is 0 Å². The largest absolute Gasteiger partial charge is 0.322 e. The number of nitrogens with one attached hydrogen (secondary N) is 1. The number of carbonyl (C=O) groups excluding carboxylic acids is 1. The Labute approximate surface area is 144 Å². The summed E-state index contributed by atoms with van der Waals surface area (Å²) in [5, 5.41) is 2.94. The minimum atomic E-state index is -0.0583. The van der Waals surface area contributed by atoms with Gasteiger partial charge in [-0.15, -0.1) is 0 Å². The van der Waals surface area contributed by atoms with Crippen molar-refractivity contribution >= 4 is 11.6 Å². The monoisotopic (exact) mass is 322 g/mol. The van der Waals surface area contributed by atoms with Gasteiger partial charge in [-0.2, -0.15) is 0 Å². The van der Waals surface area contributed by atoms with Crippen LogP contribution in [-0.4, -0.2) is 23.9 Å². The van der Waals surface area contributed by atoms with E-state index in [2.05, 4.69) is 29.3 Å². The molecule has 0 unspecified atom stereocenters. The van der Waals surface area contributed by atoms with Crippen LogP contribution in [0.3, 0.4) is 0 Å². The first-order chi connectivity index (χ1) is 11.6. The number of rotatable bonds is 4. The highest BCUT2D eigenvalue weighted by Gasteiger charge is 2.16. The van der Waals surface area contributed by atoms with Crippen molar-refractivity contribution in [3.63, 3.8) is 0 Å². The molecule has 1 aliphatic rings. The Bertz CT molecular complexity index is 676. The fourth-order valence-electron chi connectivity index (χ4n) is 3.29. The molecule has 1 aliphatic heterocycles. The van der Waals surface area contributed by atoms with Crippen LogP contribution < -0.4 is 5.32 Å². The molecule has 0 bridgehead atoms. The maximum Gasteiger partial charge on any atom is 0.255 e. The van der Waals surface area contributed by atoms with Gasteiger partial charge in [0, 0.05) is 24.3 Å². The van der Waals surface area contributed by atoms with E-state index in [1.54, 1.807) is 0 Å². The number of likely N-dealkylation sites (tertiary alicyclic amines) is 1. The van der Waals surface area contributed by atoms with Crippen LogP contribution in [0, 0.1) is 12.8 Å². The molecule has 0 saturated carbocycles. The second kappa shape index (κ2) is 7.63. The second-order valence-electron chi connectivity index (χ2n) is 7.00. The van der Waals surface area contributed by atoms with E-state index in [0.29, 0.717) is 5.56 Å². The van der Waals surface area contributed by atoms with Crippen molar-refractivity contribution in [2.45, 2.75) is 33.2 Å². The molecule has 2 aromatic carbocycles. The van der Waals surface area contributed by atoms with Crippen LogP contribution in [0.5, 0.6) is 0 Å². The first-order valence-corrected chi connectivity index (χ1v) is 8.79. The topological polar surface area (TPSA) is 32.3 Å². The molecule has 0 aromatic heterocycles. The molecule has 0 spiro atoms. The van der Waals surface area contributed by atoms with Gasteiger partial charge in [0.05, 0.1) is 0 Å². The number of piperidine rings is 1. The highest BCUT2D eigenvalue weighted by molar-refractivity contribution is 6.04. The minimum Gasteiger partial charge on any atom is -0.322 e. The fourth-order valence-corrected chi connectivity index (χ4v) is 3.29. The fraction of sp³-hybridized carbons (Fsp3) is 0.381. The minimum absolute atomic E-state index is 0.0583. The SMILES string of the molecule is Cc1ccc(NC(=O)c2ccc(CN3CCC[C@H](C)C3)cc2)cc1. The summed E-state index contributed by atoms with van der Waals surface area (Å²) < 4.78 is 0. The molecule has 0 radical (unpaired) electrons. The first-order valence-electron chi connectivity index (χ1n) is 8.79. The highest BCUT2D eigenvalue weighted by atomic mass is 16.1. The Morgan fingerprint density at radius 1 is 1.12 bits per heavy atom. The molecular weight excluding hydrogens is 296 g/mol. The molecule has 0 aliphatic carbocycles. The van der Waals surface area contributed by atoms with Gasteiger partial charge < -0.3 is 5.32 Å². The van der Waals surface area contributed by atoms with Gasteiger partial charge in [0.2, 0.25) is 0 Å². The van der Waals surface area contributed by atoms with Crippen molar-refractivity contribution in [3.8, 4) is 0 Å². The van der Waals surface area contributed by atoms with Crippen molar-refractivity contribution in [2.24, 2.45) is 5.92 Å². The van der Waals surface area contributed by atoms with Gasteiger partial charge in [0.1, 0.15) is 0 Å². The van der Waals surface area contributed by atoms with Crippen LogP contribution in [0.1, 0.15) is 41.3 Å². The quantitative estimate of drug-likeness (QED) is 0.900. The van der Waals surface area contributed by atoms with E-state index in [1.807, 2.05) is 43.3 Å². The summed E-state index contributed by atoms with van der Waals surface area (Å²) in [6.45, 7) is 7.69. The second-order valence-corrected chi connectivity index (χ2v) is 7.00. The molecule has 1 saturated heterocycles. The summed E-state index contributed by atoms with van der Waals surface area (Å²) in [7, 11) is 0. The molecule has 24 heavy (non-hydrogen) atoms. The predicted molar refractivity (Wildman–Crippen MR) is 99.2 cm³/mol. The Morgan fingerprint density at radius 2 is 1.83 bits per heavy atom. The molecule has 1 N–H and O–H groups in total. The number of nitrogens with zero attached hydrogens (tertiary/aromatic N) is 1. The van der Waals surface area contributed by atoms with Gasteiger partial charge in [-0.3, -0.25) is 9.69 Å². The summed E-state index contributed by atoms with van der Waals surface area (Å²) in [5.41, 5.74) is 3.99. The third kappa shape index (κ3) is 4.45. The van der Waals surface area contributed by atoms with Crippen molar-refractivity contribution in [3.05, 3.63) is 65.2 Å². The average Bonchev–Trinajstić information content (AvgIpc) is 2.57. The molecule has 3 heteroatoms. The standard InChI is InChI=1S/C21H26N2O/c1-16-5-11-20(12-6-16)22-21(24)19-9-7-18(8-10-19)15-23-13-3-4-17(2)14-23/h5-12,17H,3-4,13-15H2,1-2H3,(H,22,24)/t17-/m0/s1. The molecule has 1 atom stereocenters. The Kier molecular flexibility index (Phi) is 5.31. The van der Waals surface area contributed by atoms with Crippen molar-refractivity contribution in [2.75, 3.05) is 18.4 Å². The van der Waals surface area contributed by atoms with Gasteiger partial charge >= 0.3 is 0 Å². The lowest BCUT2D eigenvalue weighted by Gasteiger charge is -2.30. The molecular formula is C21H26N2O. The third-order valence-corrected chi connectivity index (χ3v) is 4.67. The predicted octanol–water partition coefficient (Wildman–Crippen LogP) is 4.48. The summed E-state index contributed by atoms with van der Waals surface area (Å²) in [5.74, 6) is 0.732. The summed E-state index contributed by atoms with van der Waals surface area (Å²) >= 11 is 0. The van der Waals surface area contributed by atoms with Crippen molar-refractivity contribution < 1.29 is 4.79 Å². The summed E-state index contributed by atoms with van der Waals surface area (Å²) in [6, 6.07) is 15.8. The van der Waals surface area contributed by atoms with Crippen LogP contribution in [0.15, 0.2) is 48.5 Å². The number of aryl methyl sites for hydroxylation is 1. The van der Waals surface area contributed by atoms with E-state index in [1.165, 1.54) is 37.1 Å². The molecule has 1 heterocycles.